The molecule has 0 fully saturated rings. The first-order valence-electron chi connectivity index (χ1n) is 3.29. The molecule has 0 N–H and O–H groups in total. The van der Waals surface area contributed by atoms with Gasteiger partial charge in [0, 0.05) is 11.8 Å². The smallest absolute Gasteiger partial charge is 0.545 e. The number of aromatic carboxylic acids is 1. The van der Waals surface area contributed by atoms with E-state index in [2.05, 4.69) is 10.3 Å². The molecule has 0 aromatic carbocycles. The summed E-state index contributed by atoms with van der Waals surface area (Å²) in [6, 6.07) is 3.03. The molecule has 0 amide bonds. The van der Waals surface area contributed by atoms with E-state index in [0.717, 1.165) is 0 Å². The van der Waals surface area contributed by atoms with E-state index in [-0.39, 0.29) is 24.4 Å². The number of carboxylic acid groups (broad SMARTS) is 1. The van der Waals surface area contributed by atoms with Gasteiger partial charge in [0.25, 0.3) is 0 Å². The van der Waals surface area contributed by atoms with Crippen molar-refractivity contribution in [3.63, 3.8) is 0 Å². The van der Waals surface area contributed by atoms with Gasteiger partial charge in [0.15, 0.2) is 0 Å². The molecule has 0 radical (unpaired) electrons. The van der Waals surface area contributed by atoms with Gasteiger partial charge in [-0.25, -0.2) is 4.52 Å². The molecular weight excluding hydrogens is 165 g/mol. The fourth-order valence-corrected chi connectivity index (χ4v) is 1.03. The molecule has 0 atom stereocenters. The quantitative estimate of drug-likeness (QED) is 0.409. The normalized spacial score (nSPS) is 9.54. The van der Waals surface area contributed by atoms with Gasteiger partial charge in [-0.3, -0.25) is 0 Å². The Bertz CT molecular complexity index is 440. The summed E-state index contributed by atoms with van der Waals surface area (Å²) < 4.78 is 1.38. The summed E-state index contributed by atoms with van der Waals surface area (Å²) in [5.41, 5.74) is 0.542. The van der Waals surface area contributed by atoms with E-state index in [1.807, 2.05) is 0 Å². The van der Waals surface area contributed by atoms with E-state index in [9.17, 15) is 9.90 Å². The Morgan fingerprint density at radius 2 is 2.31 bits per heavy atom. The van der Waals surface area contributed by atoms with Crippen LogP contribution in [-0.4, -0.2) is 20.8 Å². The van der Waals surface area contributed by atoms with Crippen LogP contribution in [0.5, 0.6) is 0 Å². The predicted octanol–water partition coefficient (Wildman–Crippen LogP) is -3.90. The first-order valence-corrected chi connectivity index (χ1v) is 3.29. The molecule has 2 aromatic rings. The van der Waals surface area contributed by atoms with Gasteiger partial charge in [-0.15, -0.1) is 5.10 Å². The molecular formula is C7H4LiN3O2. The minimum absolute atomic E-state index is 0. The second-order valence-corrected chi connectivity index (χ2v) is 2.27. The minimum atomic E-state index is -1.22. The van der Waals surface area contributed by atoms with Crippen LogP contribution in [0.2, 0.25) is 0 Å². The number of carbonyl (C=O) groups is 1. The van der Waals surface area contributed by atoms with Crippen LogP contribution in [0.25, 0.3) is 5.52 Å². The maximum absolute atomic E-state index is 10.5. The standard InChI is InChI=1S/C7H5N3O2.Li/c11-7(12)5-2-1-3-10-6(5)4-8-9-10;/h1-4H,(H,11,12);/q;+1/p-1. The number of hydrogen-bond donors (Lipinski definition) is 0. The number of carbonyl (C=O) groups excluding carboxylic acids is 1. The molecule has 0 aliphatic carbocycles. The van der Waals surface area contributed by atoms with Crippen molar-refractivity contribution in [3.05, 3.63) is 30.1 Å². The summed E-state index contributed by atoms with van der Waals surface area (Å²) in [6.45, 7) is 0. The molecule has 0 bridgehead atoms. The van der Waals surface area contributed by atoms with E-state index < -0.39 is 5.97 Å². The van der Waals surface area contributed by atoms with Crippen molar-refractivity contribution in [2.75, 3.05) is 0 Å². The Morgan fingerprint density at radius 1 is 1.54 bits per heavy atom. The predicted molar refractivity (Wildman–Crippen MR) is 37.3 cm³/mol. The van der Waals surface area contributed by atoms with Gasteiger partial charge < -0.3 is 9.90 Å². The zero-order valence-electron chi connectivity index (χ0n) is 6.97. The molecule has 2 rings (SSSR count). The molecule has 13 heavy (non-hydrogen) atoms. The van der Waals surface area contributed by atoms with Crippen LogP contribution in [-0.2, 0) is 0 Å². The Kier molecular flexibility index (Phi) is 2.71. The third-order valence-electron chi connectivity index (χ3n) is 1.56. The van der Waals surface area contributed by atoms with Gasteiger partial charge in [0.2, 0.25) is 0 Å². The summed E-state index contributed by atoms with van der Waals surface area (Å²) >= 11 is 0. The van der Waals surface area contributed by atoms with Crippen LogP contribution in [0.3, 0.4) is 0 Å². The number of pyridine rings is 1. The maximum atomic E-state index is 10.5. The summed E-state index contributed by atoms with van der Waals surface area (Å²) in [5.74, 6) is -1.22. The van der Waals surface area contributed by atoms with Crippen molar-refractivity contribution in [2.24, 2.45) is 0 Å². The van der Waals surface area contributed by atoms with Gasteiger partial charge in [-0.05, 0) is 12.1 Å². The third-order valence-corrected chi connectivity index (χ3v) is 1.56. The van der Waals surface area contributed by atoms with E-state index in [1.165, 1.54) is 16.8 Å². The molecule has 0 spiro atoms. The number of rotatable bonds is 1. The Hall–Kier alpha value is -1.31. The monoisotopic (exact) mass is 169 g/mol. The zero-order chi connectivity index (χ0) is 8.55. The molecule has 0 unspecified atom stereocenters. The van der Waals surface area contributed by atoms with Crippen LogP contribution in [0, 0.1) is 0 Å². The van der Waals surface area contributed by atoms with Crippen LogP contribution >= 0.6 is 0 Å². The Morgan fingerprint density at radius 3 is 3.00 bits per heavy atom. The summed E-state index contributed by atoms with van der Waals surface area (Å²) in [5, 5.41) is 17.7. The Labute approximate surface area is 85.5 Å². The van der Waals surface area contributed by atoms with Gasteiger partial charge in [-0.1, -0.05) is 5.21 Å². The van der Waals surface area contributed by atoms with Crippen molar-refractivity contribution >= 4 is 11.5 Å². The maximum Gasteiger partial charge on any atom is 1.00 e. The average Bonchev–Trinajstić information content (AvgIpc) is 2.49. The van der Waals surface area contributed by atoms with Crippen LogP contribution in [0.4, 0.5) is 0 Å². The first kappa shape index (κ1) is 9.77. The molecule has 0 aliphatic rings. The molecule has 6 heteroatoms. The second kappa shape index (κ2) is 3.60. The summed E-state index contributed by atoms with van der Waals surface area (Å²) in [6.07, 6.45) is 3.00. The number of fused-ring (bicyclic) bond motifs is 1. The van der Waals surface area contributed by atoms with Crippen molar-refractivity contribution < 1.29 is 28.8 Å². The molecule has 0 saturated carbocycles. The van der Waals surface area contributed by atoms with Gasteiger partial charge in [0.05, 0.1) is 17.7 Å². The fraction of sp³-hybridized carbons (Fsp3) is 0. The fourth-order valence-electron chi connectivity index (χ4n) is 1.03. The first-order chi connectivity index (χ1) is 5.79. The topological polar surface area (TPSA) is 70.3 Å². The zero-order valence-corrected chi connectivity index (χ0v) is 6.97. The van der Waals surface area contributed by atoms with Crippen LogP contribution in [0.15, 0.2) is 24.5 Å². The number of hydrogen-bond acceptors (Lipinski definition) is 4. The largest absolute Gasteiger partial charge is 1.00 e. The minimum Gasteiger partial charge on any atom is -0.545 e. The number of nitrogens with zero attached hydrogens (tertiary/aromatic N) is 3. The number of aromatic nitrogens is 3. The second-order valence-electron chi connectivity index (χ2n) is 2.27. The molecule has 2 heterocycles. The molecule has 0 saturated heterocycles. The van der Waals surface area contributed by atoms with E-state index in [0.29, 0.717) is 5.52 Å². The third kappa shape index (κ3) is 1.57. The SMILES string of the molecule is O=C([O-])c1cccn2nncc12.[Li+]. The van der Waals surface area contributed by atoms with Gasteiger partial charge >= 0.3 is 18.9 Å². The number of carboxylic acids is 1. The molecule has 0 aliphatic heterocycles. The molecule has 60 valence electrons. The van der Waals surface area contributed by atoms with Gasteiger partial charge in [-0.2, -0.15) is 0 Å². The van der Waals surface area contributed by atoms with Gasteiger partial charge in [0.1, 0.15) is 0 Å². The van der Waals surface area contributed by atoms with E-state index in [1.54, 1.807) is 12.3 Å². The van der Waals surface area contributed by atoms with Crippen molar-refractivity contribution in [1.82, 2.24) is 14.8 Å². The van der Waals surface area contributed by atoms with Crippen LogP contribution < -0.4 is 24.0 Å². The Balaban J connectivity index is 0.000000845. The van der Waals surface area contributed by atoms with Crippen molar-refractivity contribution in [2.45, 2.75) is 0 Å². The average molecular weight is 169 g/mol. The van der Waals surface area contributed by atoms with Crippen molar-refractivity contribution in [1.29, 1.82) is 0 Å². The summed E-state index contributed by atoms with van der Waals surface area (Å²) in [4.78, 5) is 10.5. The van der Waals surface area contributed by atoms with Crippen LogP contribution in [0.1, 0.15) is 10.4 Å². The van der Waals surface area contributed by atoms with E-state index >= 15 is 0 Å². The summed E-state index contributed by atoms with van der Waals surface area (Å²) in [7, 11) is 0. The van der Waals surface area contributed by atoms with Crippen molar-refractivity contribution in [3.8, 4) is 0 Å². The molecule has 2 aromatic heterocycles. The molecule has 5 nitrogen and oxygen atoms in total. The van der Waals surface area contributed by atoms with E-state index in [4.69, 9.17) is 0 Å².